The molecule has 1 amide bonds. The minimum absolute atomic E-state index is 0.0897. The molecular formula is C19H20FN5O. The molecule has 1 aromatic carbocycles. The number of rotatable bonds is 2. The summed E-state index contributed by atoms with van der Waals surface area (Å²) < 4.78 is 14.9. The van der Waals surface area contributed by atoms with E-state index in [9.17, 15) is 9.18 Å². The van der Waals surface area contributed by atoms with Gasteiger partial charge in [0.05, 0.1) is 17.0 Å². The highest BCUT2D eigenvalue weighted by Crippen LogP contribution is 2.28. The second-order valence-electron chi connectivity index (χ2n) is 6.69. The Hall–Kier alpha value is -2.83. The summed E-state index contributed by atoms with van der Waals surface area (Å²) >= 11 is 0. The highest BCUT2D eigenvalue weighted by Gasteiger charge is 2.24. The Bertz CT molecular complexity index is 974. The number of fused-ring (bicyclic) bond motifs is 1. The fraction of sp³-hybridized carbons (Fsp3) is 0.368. The predicted molar refractivity (Wildman–Crippen MR) is 95.4 cm³/mol. The van der Waals surface area contributed by atoms with Crippen molar-refractivity contribution in [2.45, 2.75) is 33.1 Å². The van der Waals surface area contributed by atoms with Gasteiger partial charge in [-0.05, 0) is 50.8 Å². The van der Waals surface area contributed by atoms with Crippen molar-refractivity contribution in [2.24, 2.45) is 0 Å². The number of aryl methyl sites for hydroxylation is 2. The van der Waals surface area contributed by atoms with E-state index in [0.717, 1.165) is 49.2 Å². The number of piperidine rings is 1. The molecule has 3 heterocycles. The molecule has 1 saturated heterocycles. The van der Waals surface area contributed by atoms with Crippen LogP contribution in [0, 0.1) is 19.7 Å². The summed E-state index contributed by atoms with van der Waals surface area (Å²) in [7, 11) is 0. The minimum atomic E-state index is -0.292. The van der Waals surface area contributed by atoms with E-state index in [0.29, 0.717) is 17.0 Å². The normalized spacial score (nSPS) is 14.8. The molecule has 2 aromatic heterocycles. The quantitative estimate of drug-likeness (QED) is 0.710. The summed E-state index contributed by atoms with van der Waals surface area (Å²) in [5.74, 6) is -0.382. The second kappa shape index (κ2) is 6.48. The zero-order chi connectivity index (χ0) is 18.3. The summed E-state index contributed by atoms with van der Waals surface area (Å²) in [6.45, 7) is 5.23. The second-order valence-corrected chi connectivity index (χ2v) is 6.69. The molecule has 134 valence electrons. The number of carbonyl (C=O) groups is 1. The van der Waals surface area contributed by atoms with E-state index < -0.39 is 0 Å². The van der Waals surface area contributed by atoms with Crippen molar-refractivity contribution < 1.29 is 9.18 Å². The van der Waals surface area contributed by atoms with Crippen LogP contribution in [-0.2, 0) is 0 Å². The molecule has 0 saturated carbocycles. The fourth-order valence-electron chi connectivity index (χ4n) is 3.51. The van der Waals surface area contributed by atoms with Gasteiger partial charge in [0.2, 0.25) is 0 Å². The van der Waals surface area contributed by atoms with Gasteiger partial charge in [0.25, 0.3) is 5.91 Å². The first-order valence-electron chi connectivity index (χ1n) is 8.84. The number of carbonyl (C=O) groups excluding carboxylic acids is 1. The van der Waals surface area contributed by atoms with Crippen LogP contribution in [0.4, 0.5) is 4.39 Å². The van der Waals surface area contributed by atoms with Gasteiger partial charge in [-0.3, -0.25) is 4.79 Å². The lowest BCUT2D eigenvalue weighted by molar-refractivity contribution is 0.0715. The van der Waals surface area contributed by atoms with Gasteiger partial charge in [0.15, 0.2) is 11.3 Å². The summed E-state index contributed by atoms with van der Waals surface area (Å²) in [5.41, 5.74) is 3.97. The topological polar surface area (TPSA) is 63.4 Å². The van der Waals surface area contributed by atoms with E-state index in [4.69, 9.17) is 0 Å². The van der Waals surface area contributed by atoms with E-state index in [2.05, 4.69) is 15.3 Å². The van der Waals surface area contributed by atoms with Crippen LogP contribution in [0.5, 0.6) is 0 Å². The number of hydrogen-bond acceptors (Lipinski definition) is 4. The molecule has 6 nitrogen and oxygen atoms in total. The van der Waals surface area contributed by atoms with Gasteiger partial charge in [0.1, 0.15) is 5.82 Å². The highest BCUT2D eigenvalue weighted by molar-refractivity contribution is 5.93. The first-order chi connectivity index (χ1) is 12.6. The van der Waals surface area contributed by atoms with E-state index in [1.165, 1.54) is 12.1 Å². The average molecular weight is 353 g/mol. The zero-order valence-electron chi connectivity index (χ0n) is 14.9. The van der Waals surface area contributed by atoms with Crippen molar-refractivity contribution in [3.05, 3.63) is 47.2 Å². The SMILES string of the molecule is Cc1nn2c(C)c(C(=O)N3CCCCC3)nnc2c1-c1ccc(F)cc1. The molecule has 0 N–H and O–H groups in total. The largest absolute Gasteiger partial charge is 0.337 e. The molecule has 26 heavy (non-hydrogen) atoms. The predicted octanol–water partition coefficient (Wildman–Crippen LogP) is 3.17. The summed E-state index contributed by atoms with van der Waals surface area (Å²) in [6.07, 6.45) is 3.21. The number of aromatic nitrogens is 4. The number of amides is 1. The van der Waals surface area contributed by atoms with Gasteiger partial charge in [0, 0.05) is 13.1 Å². The van der Waals surface area contributed by atoms with Gasteiger partial charge in [-0.15, -0.1) is 10.2 Å². The average Bonchev–Trinajstić information content (AvgIpc) is 3.00. The van der Waals surface area contributed by atoms with Crippen molar-refractivity contribution in [2.75, 3.05) is 13.1 Å². The van der Waals surface area contributed by atoms with Gasteiger partial charge in [-0.2, -0.15) is 5.10 Å². The van der Waals surface area contributed by atoms with E-state index in [1.807, 2.05) is 18.7 Å². The molecule has 0 unspecified atom stereocenters. The fourth-order valence-corrected chi connectivity index (χ4v) is 3.51. The van der Waals surface area contributed by atoms with Crippen LogP contribution < -0.4 is 0 Å². The third-order valence-corrected chi connectivity index (χ3v) is 4.92. The van der Waals surface area contributed by atoms with Gasteiger partial charge in [-0.1, -0.05) is 12.1 Å². The van der Waals surface area contributed by atoms with E-state index in [-0.39, 0.29) is 11.7 Å². The standard InChI is InChI=1S/C19H20FN5O/c1-12-16(14-6-8-15(20)9-7-14)18-22-21-17(13(2)25(18)23-12)19(26)24-10-4-3-5-11-24/h6-9H,3-5,10-11H2,1-2H3. The molecule has 0 atom stereocenters. The first-order valence-corrected chi connectivity index (χ1v) is 8.84. The minimum Gasteiger partial charge on any atom is -0.337 e. The summed E-state index contributed by atoms with van der Waals surface area (Å²) in [5, 5.41) is 13.1. The number of nitrogens with zero attached hydrogens (tertiary/aromatic N) is 5. The maximum absolute atomic E-state index is 13.2. The van der Waals surface area contributed by atoms with Crippen molar-refractivity contribution in [1.29, 1.82) is 0 Å². The molecule has 1 aliphatic rings. The molecule has 1 fully saturated rings. The highest BCUT2D eigenvalue weighted by atomic mass is 19.1. The maximum Gasteiger partial charge on any atom is 0.276 e. The Kier molecular flexibility index (Phi) is 4.14. The van der Waals surface area contributed by atoms with Gasteiger partial charge in [-0.25, -0.2) is 8.91 Å². The Morgan fingerprint density at radius 2 is 1.73 bits per heavy atom. The van der Waals surface area contributed by atoms with Crippen molar-refractivity contribution in [3.8, 4) is 11.1 Å². The Morgan fingerprint density at radius 3 is 2.42 bits per heavy atom. The molecule has 0 spiro atoms. The first kappa shape index (κ1) is 16.6. The Morgan fingerprint density at radius 1 is 1.04 bits per heavy atom. The van der Waals surface area contributed by atoms with Crippen molar-refractivity contribution in [3.63, 3.8) is 0 Å². The molecule has 0 bridgehead atoms. The third kappa shape index (κ3) is 2.73. The van der Waals surface area contributed by atoms with Crippen LogP contribution in [0.25, 0.3) is 16.8 Å². The molecular weight excluding hydrogens is 333 g/mol. The summed E-state index contributed by atoms with van der Waals surface area (Å²) in [6, 6.07) is 6.21. The zero-order valence-corrected chi connectivity index (χ0v) is 14.9. The van der Waals surface area contributed by atoms with Crippen LogP contribution in [-0.4, -0.2) is 43.7 Å². The molecule has 0 radical (unpaired) electrons. The maximum atomic E-state index is 13.2. The Labute approximate surface area is 150 Å². The molecule has 1 aliphatic heterocycles. The van der Waals surface area contributed by atoms with E-state index >= 15 is 0 Å². The molecule has 7 heteroatoms. The number of benzene rings is 1. The molecule has 3 aromatic rings. The lowest BCUT2D eigenvalue weighted by Gasteiger charge is -2.26. The monoisotopic (exact) mass is 353 g/mol. The summed E-state index contributed by atoms with van der Waals surface area (Å²) in [4.78, 5) is 14.6. The third-order valence-electron chi connectivity index (χ3n) is 4.92. The van der Waals surface area contributed by atoms with Crippen LogP contribution in [0.3, 0.4) is 0 Å². The van der Waals surface area contributed by atoms with Gasteiger partial charge >= 0.3 is 0 Å². The number of halogens is 1. The molecule has 0 aliphatic carbocycles. The van der Waals surface area contributed by atoms with Crippen LogP contribution in [0.2, 0.25) is 0 Å². The van der Waals surface area contributed by atoms with Crippen LogP contribution >= 0.6 is 0 Å². The number of likely N-dealkylation sites (tertiary alicyclic amines) is 1. The van der Waals surface area contributed by atoms with Gasteiger partial charge < -0.3 is 4.90 Å². The lowest BCUT2D eigenvalue weighted by Crippen LogP contribution is -2.37. The van der Waals surface area contributed by atoms with Crippen LogP contribution in [0.1, 0.15) is 41.1 Å². The lowest BCUT2D eigenvalue weighted by atomic mass is 10.1. The van der Waals surface area contributed by atoms with Crippen molar-refractivity contribution >= 4 is 11.6 Å². The van der Waals surface area contributed by atoms with E-state index in [1.54, 1.807) is 16.6 Å². The van der Waals surface area contributed by atoms with Crippen LogP contribution in [0.15, 0.2) is 24.3 Å². The number of hydrogen-bond donors (Lipinski definition) is 0. The smallest absolute Gasteiger partial charge is 0.276 e. The van der Waals surface area contributed by atoms with Crippen molar-refractivity contribution in [1.82, 2.24) is 24.7 Å². The molecule has 4 rings (SSSR count). The Balaban J connectivity index is 1.79.